The Balaban J connectivity index is 1.48. The number of unbranched alkanes of at least 4 members (excludes halogenated alkanes) is 3. The van der Waals surface area contributed by atoms with Crippen LogP contribution in [0.15, 0.2) is 0 Å². The molecule has 0 aromatic rings. The summed E-state index contributed by atoms with van der Waals surface area (Å²) in [5.74, 6) is 3.12. The van der Waals surface area contributed by atoms with Crippen LogP contribution in [0.1, 0.15) is 96.8 Å². The van der Waals surface area contributed by atoms with Gasteiger partial charge >= 0.3 is 0 Å². The van der Waals surface area contributed by atoms with E-state index in [0.29, 0.717) is 5.92 Å². The molecule has 4 unspecified atom stereocenters. The Morgan fingerprint density at radius 2 is 1.62 bits per heavy atom. The molecule has 2 rings (SSSR count). The van der Waals surface area contributed by atoms with Crippen molar-refractivity contribution >= 4 is 6.29 Å². The topological polar surface area (TPSA) is 17.1 Å². The highest BCUT2D eigenvalue weighted by Crippen LogP contribution is 2.33. The Morgan fingerprint density at radius 1 is 0.857 bits per heavy atom. The van der Waals surface area contributed by atoms with Crippen LogP contribution < -0.4 is 0 Å². The van der Waals surface area contributed by atoms with Gasteiger partial charge in [-0.2, -0.15) is 0 Å². The summed E-state index contributed by atoms with van der Waals surface area (Å²) in [7, 11) is 0. The first-order valence-corrected chi connectivity index (χ1v) is 9.75. The van der Waals surface area contributed by atoms with Crippen LogP contribution >= 0.6 is 0 Å². The molecule has 2 aliphatic rings. The first-order chi connectivity index (χ1) is 10.3. The van der Waals surface area contributed by atoms with Crippen LogP contribution in [0.25, 0.3) is 0 Å². The fraction of sp³-hybridized carbons (Fsp3) is 0.950. The van der Waals surface area contributed by atoms with E-state index < -0.39 is 0 Å². The molecule has 0 N–H and O–H groups in total. The summed E-state index contributed by atoms with van der Waals surface area (Å²) in [4.78, 5) is 11.1. The molecule has 0 saturated heterocycles. The molecule has 0 spiro atoms. The Labute approximate surface area is 132 Å². The van der Waals surface area contributed by atoms with E-state index >= 15 is 0 Å². The summed E-state index contributed by atoms with van der Waals surface area (Å²) in [6.45, 7) is 2.43. The minimum atomic E-state index is 0.391. The number of carbonyl (C=O) groups excluding carboxylic acids is 1. The average molecular weight is 293 g/mol. The highest BCUT2D eigenvalue weighted by Gasteiger charge is 2.23. The third-order valence-electron chi connectivity index (χ3n) is 6.12. The average Bonchev–Trinajstić information content (AvgIpc) is 2.51. The summed E-state index contributed by atoms with van der Waals surface area (Å²) in [6, 6.07) is 0. The molecule has 0 aromatic heterocycles. The van der Waals surface area contributed by atoms with Crippen molar-refractivity contribution in [2.24, 2.45) is 23.7 Å². The highest BCUT2D eigenvalue weighted by atomic mass is 16.1. The van der Waals surface area contributed by atoms with Gasteiger partial charge in [0.1, 0.15) is 6.29 Å². The zero-order valence-corrected chi connectivity index (χ0v) is 14.2. The van der Waals surface area contributed by atoms with Gasteiger partial charge in [-0.1, -0.05) is 71.1 Å². The van der Waals surface area contributed by atoms with Crippen LogP contribution in [-0.2, 0) is 4.79 Å². The van der Waals surface area contributed by atoms with Crippen LogP contribution in [0.4, 0.5) is 0 Å². The molecule has 1 heteroatoms. The molecule has 21 heavy (non-hydrogen) atoms. The summed E-state index contributed by atoms with van der Waals surface area (Å²) in [5.41, 5.74) is 0. The fourth-order valence-corrected chi connectivity index (χ4v) is 4.79. The lowest BCUT2D eigenvalue weighted by molar-refractivity contribution is -0.113. The van der Waals surface area contributed by atoms with E-state index in [2.05, 4.69) is 6.92 Å². The number of carbonyl (C=O) groups is 1. The smallest absolute Gasteiger partial charge is 0.123 e. The Morgan fingerprint density at radius 3 is 2.38 bits per heavy atom. The molecule has 0 heterocycles. The number of hydrogen-bond donors (Lipinski definition) is 0. The predicted octanol–water partition coefficient (Wildman–Crippen LogP) is 6.16. The maximum absolute atomic E-state index is 11.1. The molecular formula is C20H36O. The van der Waals surface area contributed by atoms with Gasteiger partial charge in [0, 0.05) is 5.92 Å². The predicted molar refractivity (Wildman–Crippen MR) is 90.3 cm³/mol. The molecule has 0 amide bonds. The van der Waals surface area contributed by atoms with Gasteiger partial charge in [0.25, 0.3) is 0 Å². The third-order valence-corrected chi connectivity index (χ3v) is 6.12. The maximum Gasteiger partial charge on any atom is 0.123 e. The Kier molecular flexibility index (Phi) is 7.82. The van der Waals surface area contributed by atoms with Gasteiger partial charge in [-0.3, -0.25) is 0 Å². The molecule has 1 nitrogen and oxygen atoms in total. The van der Waals surface area contributed by atoms with E-state index in [1.54, 1.807) is 0 Å². The molecule has 4 atom stereocenters. The summed E-state index contributed by atoms with van der Waals surface area (Å²) >= 11 is 0. The van der Waals surface area contributed by atoms with Crippen LogP contribution in [0.5, 0.6) is 0 Å². The van der Waals surface area contributed by atoms with Crippen LogP contribution in [0, 0.1) is 23.7 Å². The molecule has 2 saturated carbocycles. The second-order valence-corrected chi connectivity index (χ2v) is 7.97. The van der Waals surface area contributed by atoms with Crippen molar-refractivity contribution < 1.29 is 4.79 Å². The van der Waals surface area contributed by atoms with Crippen molar-refractivity contribution in [3.63, 3.8) is 0 Å². The number of hydrogen-bond acceptors (Lipinski definition) is 1. The summed E-state index contributed by atoms with van der Waals surface area (Å²) in [6.07, 6.45) is 20.7. The van der Waals surface area contributed by atoms with E-state index in [9.17, 15) is 4.79 Å². The van der Waals surface area contributed by atoms with Gasteiger partial charge in [-0.05, 0) is 43.4 Å². The van der Waals surface area contributed by atoms with Crippen molar-refractivity contribution in [3.8, 4) is 0 Å². The standard InChI is InChI=1S/C20H36O/c1-17-9-8-11-18(15-17)10-4-2-3-5-12-19-13-6-7-14-20(19)16-21/h16-20H,2-15H2,1H3. The van der Waals surface area contributed by atoms with Crippen molar-refractivity contribution in [1.82, 2.24) is 0 Å². The van der Waals surface area contributed by atoms with E-state index in [0.717, 1.165) is 24.2 Å². The number of aldehydes is 1. The minimum Gasteiger partial charge on any atom is -0.303 e. The molecule has 2 aliphatic carbocycles. The molecule has 2 fully saturated rings. The van der Waals surface area contributed by atoms with Gasteiger partial charge < -0.3 is 4.79 Å². The SMILES string of the molecule is CC1CCCC(CCCCCCC2CCCCC2C=O)C1. The Bertz CT molecular complexity index is 286. The second kappa shape index (κ2) is 9.64. The molecule has 0 aliphatic heterocycles. The lowest BCUT2D eigenvalue weighted by Crippen LogP contribution is -2.20. The lowest BCUT2D eigenvalue weighted by atomic mass is 9.77. The van der Waals surface area contributed by atoms with Gasteiger partial charge in [-0.15, -0.1) is 0 Å². The second-order valence-electron chi connectivity index (χ2n) is 7.97. The first kappa shape index (κ1) is 17.0. The van der Waals surface area contributed by atoms with E-state index in [-0.39, 0.29) is 0 Å². The zero-order chi connectivity index (χ0) is 14.9. The van der Waals surface area contributed by atoms with Crippen molar-refractivity contribution in [2.75, 3.05) is 0 Å². The number of rotatable bonds is 8. The van der Waals surface area contributed by atoms with Crippen LogP contribution in [-0.4, -0.2) is 6.29 Å². The molecule has 0 bridgehead atoms. The van der Waals surface area contributed by atoms with Gasteiger partial charge in [-0.25, -0.2) is 0 Å². The van der Waals surface area contributed by atoms with Gasteiger partial charge in [0.15, 0.2) is 0 Å². The molecule has 122 valence electrons. The molecule has 0 aromatic carbocycles. The Hall–Kier alpha value is -0.330. The van der Waals surface area contributed by atoms with Crippen LogP contribution in [0.3, 0.4) is 0 Å². The zero-order valence-electron chi connectivity index (χ0n) is 14.2. The third kappa shape index (κ3) is 6.12. The van der Waals surface area contributed by atoms with E-state index in [1.165, 1.54) is 89.8 Å². The van der Waals surface area contributed by atoms with Gasteiger partial charge in [0.2, 0.25) is 0 Å². The van der Waals surface area contributed by atoms with Gasteiger partial charge in [0.05, 0.1) is 0 Å². The summed E-state index contributed by atoms with van der Waals surface area (Å²) < 4.78 is 0. The minimum absolute atomic E-state index is 0.391. The lowest BCUT2D eigenvalue weighted by Gasteiger charge is -2.28. The van der Waals surface area contributed by atoms with Crippen molar-refractivity contribution in [3.05, 3.63) is 0 Å². The monoisotopic (exact) mass is 292 g/mol. The van der Waals surface area contributed by atoms with E-state index in [1.807, 2.05) is 0 Å². The maximum atomic E-state index is 11.1. The van der Waals surface area contributed by atoms with E-state index in [4.69, 9.17) is 0 Å². The largest absolute Gasteiger partial charge is 0.303 e. The quantitative estimate of drug-likeness (QED) is 0.387. The molecular weight excluding hydrogens is 256 g/mol. The fourth-order valence-electron chi connectivity index (χ4n) is 4.79. The van der Waals surface area contributed by atoms with Crippen molar-refractivity contribution in [1.29, 1.82) is 0 Å². The first-order valence-electron chi connectivity index (χ1n) is 9.75. The van der Waals surface area contributed by atoms with Crippen LogP contribution in [0.2, 0.25) is 0 Å². The molecule has 0 radical (unpaired) electrons. The normalized spacial score (nSPS) is 33.8. The highest BCUT2D eigenvalue weighted by molar-refractivity contribution is 5.54. The summed E-state index contributed by atoms with van der Waals surface area (Å²) in [5, 5.41) is 0. The van der Waals surface area contributed by atoms with Crippen molar-refractivity contribution in [2.45, 2.75) is 96.8 Å².